The summed E-state index contributed by atoms with van der Waals surface area (Å²) in [6.07, 6.45) is 2.41. The van der Waals surface area contributed by atoms with E-state index >= 15 is 0 Å². The molecule has 1 aromatic rings. The number of piperidine rings is 1. The van der Waals surface area contributed by atoms with E-state index in [9.17, 15) is 4.79 Å². The molecule has 104 valence electrons. The van der Waals surface area contributed by atoms with Gasteiger partial charge in [-0.25, -0.2) is 0 Å². The first-order valence-electron chi connectivity index (χ1n) is 7.04. The topological polar surface area (TPSA) is 20.3 Å². The first kappa shape index (κ1) is 14.4. The maximum absolute atomic E-state index is 12.2. The predicted octanol–water partition coefficient (Wildman–Crippen LogP) is 3.65. The molecule has 1 amide bonds. The van der Waals surface area contributed by atoms with Crippen molar-refractivity contribution in [3.63, 3.8) is 0 Å². The highest BCUT2D eigenvalue weighted by atomic mass is 32.2. The van der Waals surface area contributed by atoms with Crippen molar-refractivity contribution >= 4 is 17.7 Å². The molecule has 19 heavy (non-hydrogen) atoms. The van der Waals surface area contributed by atoms with Crippen LogP contribution in [0.1, 0.15) is 30.9 Å². The van der Waals surface area contributed by atoms with E-state index in [1.165, 1.54) is 22.4 Å². The van der Waals surface area contributed by atoms with Crippen LogP contribution in [0.2, 0.25) is 0 Å². The fraction of sp³-hybridized carbons (Fsp3) is 0.562. The molecule has 0 aliphatic carbocycles. The first-order chi connectivity index (χ1) is 9.06. The van der Waals surface area contributed by atoms with Crippen LogP contribution < -0.4 is 0 Å². The van der Waals surface area contributed by atoms with E-state index < -0.39 is 0 Å². The highest BCUT2D eigenvalue weighted by molar-refractivity contribution is 8.00. The lowest BCUT2D eigenvalue weighted by atomic mass is 10.0. The van der Waals surface area contributed by atoms with Gasteiger partial charge in [-0.3, -0.25) is 4.79 Å². The van der Waals surface area contributed by atoms with Gasteiger partial charge in [-0.2, -0.15) is 0 Å². The predicted molar refractivity (Wildman–Crippen MR) is 81.6 cm³/mol. The zero-order valence-electron chi connectivity index (χ0n) is 12.1. The van der Waals surface area contributed by atoms with Crippen LogP contribution in [0.15, 0.2) is 23.1 Å². The van der Waals surface area contributed by atoms with E-state index in [-0.39, 0.29) is 5.91 Å². The summed E-state index contributed by atoms with van der Waals surface area (Å²) in [5, 5.41) is 0. The Morgan fingerprint density at radius 3 is 2.89 bits per heavy atom. The highest BCUT2D eigenvalue weighted by Crippen LogP contribution is 2.24. The van der Waals surface area contributed by atoms with E-state index in [0.29, 0.717) is 11.7 Å². The molecule has 3 heteroatoms. The number of hydrogen-bond donors (Lipinski definition) is 0. The Kier molecular flexibility index (Phi) is 4.92. The van der Waals surface area contributed by atoms with Gasteiger partial charge in [-0.05, 0) is 44.2 Å². The average Bonchev–Trinajstić information content (AvgIpc) is 2.37. The zero-order valence-corrected chi connectivity index (χ0v) is 12.9. The van der Waals surface area contributed by atoms with E-state index in [4.69, 9.17) is 0 Å². The third-order valence-corrected chi connectivity index (χ3v) is 4.85. The largest absolute Gasteiger partial charge is 0.342 e. The molecule has 2 nitrogen and oxygen atoms in total. The van der Waals surface area contributed by atoms with Crippen LogP contribution >= 0.6 is 11.8 Å². The van der Waals surface area contributed by atoms with E-state index in [0.717, 1.165) is 19.5 Å². The molecule has 1 fully saturated rings. The molecular formula is C16H23NOS. The molecule has 1 saturated heterocycles. The fourth-order valence-electron chi connectivity index (χ4n) is 2.61. The Bertz CT molecular complexity index is 458. The van der Waals surface area contributed by atoms with Gasteiger partial charge < -0.3 is 4.90 Å². The molecule has 1 heterocycles. The quantitative estimate of drug-likeness (QED) is 0.786. The number of thioether (sulfide) groups is 1. The van der Waals surface area contributed by atoms with Crippen LogP contribution in [0.3, 0.4) is 0 Å². The number of carbonyl (C=O) groups is 1. The van der Waals surface area contributed by atoms with Gasteiger partial charge in [0.1, 0.15) is 0 Å². The average molecular weight is 277 g/mol. The SMILES string of the molecule is Cc1ccc(SCC(=O)N2CCCC(C)C2)c(C)c1. The van der Waals surface area contributed by atoms with Crippen LogP contribution in [0.5, 0.6) is 0 Å². The molecular weight excluding hydrogens is 254 g/mol. The van der Waals surface area contributed by atoms with Crippen molar-refractivity contribution in [1.29, 1.82) is 0 Å². The van der Waals surface area contributed by atoms with Crippen LogP contribution in [-0.2, 0) is 4.79 Å². The van der Waals surface area contributed by atoms with Crippen molar-refractivity contribution in [3.05, 3.63) is 29.3 Å². The molecule has 1 aromatic carbocycles. The number of carbonyl (C=O) groups excluding carboxylic acids is 1. The summed E-state index contributed by atoms with van der Waals surface area (Å²) in [7, 11) is 0. The second-order valence-corrected chi connectivity index (χ2v) is 6.66. The van der Waals surface area contributed by atoms with Crippen LogP contribution in [0.4, 0.5) is 0 Å². The molecule has 1 aliphatic rings. The summed E-state index contributed by atoms with van der Waals surface area (Å²) in [5.41, 5.74) is 2.54. The number of likely N-dealkylation sites (tertiary alicyclic amines) is 1. The second kappa shape index (κ2) is 6.47. The first-order valence-corrected chi connectivity index (χ1v) is 8.02. The minimum atomic E-state index is 0.288. The van der Waals surface area contributed by atoms with Crippen molar-refractivity contribution in [2.24, 2.45) is 5.92 Å². The lowest BCUT2D eigenvalue weighted by molar-refractivity contribution is -0.130. The minimum absolute atomic E-state index is 0.288. The van der Waals surface area contributed by atoms with Crippen LogP contribution in [0.25, 0.3) is 0 Å². The molecule has 0 radical (unpaired) electrons. The standard InChI is InChI=1S/C16H23NOS/c1-12-6-7-15(14(3)9-12)19-11-16(18)17-8-4-5-13(2)10-17/h6-7,9,13H,4-5,8,10-11H2,1-3H3. The van der Waals surface area contributed by atoms with Crippen molar-refractivity contribution in [2.45, 2.75) is 38.5 Å². The zero-order chi connectivity index (χ0) is 13.8. The summed E-state index contributed by atoms with van der Waals surface area (Å²) in [6, 6.07) is 6.42. The van der Waals surface area contributed by atoms with Gasteiger partial charge in [0, 0.05) is 18.0 Å². The maximum atomic E-state index is 12.2. The summed E-state index contributed by atoms with van der Waals surface area (Å²) >= 11 is 1.67. The number of benzene rings is 1. The molecule has 1 aliphatic heterocycles. The molecule has 0 saturated carbocycles. The van der Waals surface area contributed by atoms with Crippen molar-refractivity contribution < 1.29 is 4.79 Å². The fourth-order valence-corrected chi connectivity index (χ4v) is 3.52. The monoisotopic (exact) mass is 277 g/mol. The number of aryl methyl sites for hydroxylation is 2. The van der Waals surface area contributed by atoms with Gasteiger partial charge in [-0.1, -0.05) is 24.6 Å². The molecule has 0 bridgehead atoms. The van der Waals surface area contributed by atoms with Gasteiger partial charge in [0.2, 0.25) is 5.91 Å². The van der Waals surface area contributed by atoms with Crippen LogP contribution in [0, 0.1) is 19.8 Å². The Morgan fingerprint density at radius 1 is 1.42 bits per heavy atom. The van der Waals surface area contributed by atoms with Crippen molar-refractivity contribution in [2.75, 3.05) is 18.8 Å². The molecule has 1 atom stereocenters. The third-order valence-electron chi connectivity index (χ3n) is 3.69. The summed E-state index contributed by atoms with van der Waals surface area (Å²) in [6.45, 7) is 8.32. The number of hydrogen-bond acceptors (Lipinski definition) is 2. The van der Waals surface area contributed by atoms with E-state index in [1.54, 1.807) is 11.8 Å². The maximum Gasteiger partial charge on any atom is 0.232 e. The smallest absolute Gasteiger partial charge is 0.232 e. The Balaban J connectivity index is 1.89. The number of amides is 1. The van der Waals surface area contributed by atoms with Gasteiger partial charge in [0.25, 0.3) is 0 Å². The molecule has 0 aromatic heterocycles. The third kappa shape index (κ3) is 4.00. The lowest BCUT2D eigenvalue weighted by Gasteiger charge is -2.30. The molecule has 2 rings (SSSR count). The minimum Gasteiger partial charge on any atom is -0.342 e. The normalized spacial score (nSPS) is 19.5. The molecule has 0 N–H and O–H groups in total. The second-order valence-electron chi connectivity index (χ2n) is 5.64. The van der Waals surface area contributed by atoms with Crippen LogP contribution in [-0.4, -0.2) is 29.6 Å². The van der Waals surface area contributed by atoms with Gasteiger partial charge in [0.15, 0.2) is 0 Å². The summed E-state index contributed by atoms with van der Waals surface area (Å²) in [4.78, 5) is 15.5. The van der Waals surface area contributed by atoms with Gasteiger partial charge in [-0.15, -0.1) is 11.8 Å². The number of rotatable bonds is 3. The Morgan fingerprint density at radius 2 is 2.21 bits per heavy atom. The van der Waals surface area contributed by atoms with Crippen molar-refractivity contribution in [3.8, 4) is 0 Å². The Hall–Kier alpha value is -0.960. The summed E-state index contributed by atoms with van der Waals surface area (Å²) < 4.78 is 0. The van der Waals surface area contributed by atoms with Gasteiger partial charge >= 0.3 is 0 Å². The highest BCUT2D eigenvalue weighted by Gasteiger charge is 2.20. The Labute approximate surface area is 120 Å². The van der Waals surface area contributed by atoms with E-state index in [1.807, 2.05) is 4.90 Å². The molecule has 1 unspecified atom stereocenters. The lowest BCUT2D eigenvalue weighted by Crippen LogP contribution is -2.40. The van der Waals surface area contributed by atoms with Crippen molar-refractivity contribution in [1.82, 2.24) is 4.90 Å². The number of nitrogens with zero attached hydrogens (tertiary/aromatic N) is 1. The van der Waals surface area contributed by atoms with Gasteiger partial charge in [0.05, 0.1) is 5.75 Å². The molecule has 0 spiro atoms. The van der Waals surface area contributed by atoms with E-state index in [2.05, 4.69) is 39.0 Å². The summed E-state index contributed by atoms with van der Waals surface area (Å²) in [5.74, 6) is 1.51.